The molecule has 3 heteroatoms. The van der Waals surface area contributed by atoms with Crippen molar-refractivity contribution in [2.24, 2.45) is 10.7 Å². The summed E-state index contributed by atoms with van der Waals surface area (Å²) in [7, 11) is 1.65. The third-order valence-electron chi connectivity index (χ3n) is 0.741. The fourth-order valence-electron chi connectivity index (χ4n) is 0.271. The van der Waals surface area contributed by atoms with Gasteiger partial charge >= 0.3 is 0 Å². The van der Waals surface area contributed by atoms with Gasteiger partial charge in [-0.2, -0.15) is 0 Å². The maximum Gasteiger partial charge on any atom is 0.120 e. The Morgan fingerprint density at radius 2 is 2.38 bits per heavy atom. The van der Waals surface area contributed by atoms with Crippen molar-refractivity contribution in [3.8, 4) is 0 Å². The molecule has 0 unspecified atom stereocenters. The molecule has 2 N–H and O–H groups in total. The van der Waals surface area contributed by atoms with Crippen LogP contribution < -0.4 is 5.73 Å². The van der Waals surface area contributed by atoms with Crippen molar-refractivity contribution in [1.82, 2.24) is 0 Å². The number of ether oxygens (including phenoxy) is 1. The first-order chi connectivity index (χ1) is 3.81. The molecule has 0 amide bonds. The van der Waals surface area contributed by atoms with E-state index in [-0.39, 0.29) is 0 Å². The zero-order valence-electron chi connectivity index (χ0n) is 5.35. The summed E-state index contributed by atoms with van der Waals surface area (Å²) < 4.78 is 4.93. The van der Waals surface area contributed by atoms with Crippen molar-refractivity contribution >= 4 is 5.84 Å². The Hall–Kier alpha value is -0.570. The van der Waals surface area contributed by atoms with Crippen molar-refractivity contribution in [1.29, 1.82) is 0 Å². The minimum Gasteiger partial charge on any atom is -0.386 e. The number of hydrogen-bond acceptors (Lipinski definition) is 2. The quantitative estimate of drug-likeness (QED) is 0.417. The van der Waals surface area contributed by atoms with Crippen LogP contribution in [0.1, 0.15) is 6.92 Å². The molecule has 0 rings (SSSR count). The van der Waals surface area contributed by atoms with Gasteiger partial charge in [-0.1, -0.05) is 0 Å². The molecule has 0 aliphatic rings. The molecule has 0 aromatic heterocycles. The highest BCUT2D eigenvalue weighted by atomic mass is 16.5. The second-order valence-electron chi connectivity index (χ2n) is 1.35. The zero-order valence-corrected chi connectivity index (χ0v) is 5.35. The standard InChI is InChI=1S/C5H12N2O/c1-3-8-4-5(6)7-2/h3-4H2,1-2H3,(H2,6,7). The van der Waals surface area contributed by atoms with Crippen LogP contribution in [0.5, 0.6) is 0 Å². The second kappa shape index (κ2) is 4.59. The van der Waals surface area contributed by atoms with Gasteiger partial charge in [0.25, 0.3) is 0 Å². The van der Waals surface area contributed by atoms with Crippen LogP contribution >= 0.6 is 0 Å². The predicted molar refractivity (Wildman–Crippen MR) is 34.0 cm³/mol. The van der Waals surface area contributed by atoms with E-state index in [0.717, 1.165) is 0 Å². The summed E-state index contributed by atoms with van der Waals surface area (Å²) in [5, 5.41) is 0. The van der Waals surface area contributed by atoms with Gasteiger partial charge in [-0.25, -0.2) is 0 Å². The molecule has 0 aromatic carbocycles. The Morgan fingerprint density at radius 3 is 2.75 bits per heavy atom. The maximum atomic E-state index is 5.28. The van der Waals surface area contributed by atoms with Gasteiger partial charge in [0.05, 0.1) is 0 Å². The summed E-state index contributed by atoms with van der Waals surface area (Å²) in [4.78, 5) is 3.70. The number of hydrogen-bond donors (Lipinski definition) is 1. The molecule has 0 aromatic rings. The van der Waals surface area contributed by atoms with Gasteiger partial charge in [0.1, 0.15) is 12.4 Å². The molecule has 0 saturated heterocycles. The van der Waals surface area contributed by atoms with Crippen molar-refractivity contribution in [3.05, 3.63) is 0 Å². The van der Waals surface area contributed by atoms with E-state index in [1.807, 2.05) is 6.92 Å². The van der Waals surface area contributed by atoms with Crippen LogP contribution in [0, 0.1) is 0 Å². The first-order valence-corrected chi connectivity index (χ1v) is 2.60. The maximum absolute atomic E-state index is 5.28. The lowest BCUT2D eigenvalue weighted by Crippen LogP contribution is -2.18. The molecule has 0 aliphatic carbocycles. The lowest BCUT2D eigenvalue weighted by atomic mass is 10.6. The summed E-state index contributed by atoms with van der Waals surface area (Å²) >= 11 is 0. The Bertz CT molecular complexity index is 80.5. The topological polar surface area (TPSA) is 47.6 Å². The second-order valence-corrected chi connectivity index (χ2v) is 1.35. The lowest BCUT2D eigenvalue weighted by molar-refractivity contribution is 0.186. The Balaban J connectivity index is 3.12. The summed E-state index contributed by atoms with van der Waals surface area (Å²) in [6.45, 7) is 3.06. The van der Waals surface area contributed by atoms with E-state index >= 15 is 0 Å². The van der Waals surface area contributed by atoms with Crippen LogP contribution in [0.25, 0.3) is 0 Å². The van der Waals surface area contributed by atoms with Gasteiger partial charge in [0.2, 0.25) is 0 Å². The Labute approximate surface area is 49.5 Å². The minimum atomic E-state index is 0.451. The van der Waals surface area contributed by atoms with Crippen molar-refractivity contribution in [2.75, 3.05) is 20.3 Å². The van der Waals surface area contributed by atoms with E-state index in [4.69, 9.17) is 10.5 Å². The molecule has 3 nitrogen and oxygen atoms in total. The average Bonchev–Trinajstić information content (AvgIpc) is 1.83. The third-order valence-corrected chi connectivity index (χ3v) is 0.741. The summed E-state index contributed by atoms with van der Waals surface area (Å²) in [5.41, 5.74) is 5.28. The van der Waals surface area contributed by atoms with E-state index in [1.165, 1.54) is 0 Å². The highest BCUT2D eigenvalue weighted by molar-refractivity contribution is 5.81. The summed E-state index contributed by atoms with van der Waals surface area (Å²) in [6, 6.07) is 0. The number of nitrogens with two attached hydrogens (primary N) is 1. The fourth-order valence-corrected chi connectivity index (χ4v) is 0.271. The molecular weight excluding hydrogens is 104 g/mol. The van der Waals surface area contributed by atoms with E-state index in [2.05, 4.69) is 4.99 Å². The molecule has 0 bridgehead atoms. The number of nitrogens with zero attached hydrogens (tertiary/aromatic N) is 1. The van der Waals surface area contributed by atoms with Crippen molar-refractivity contribution < 1.29 is 4.74 Å². The zero-order chi connectivity index (χ0) is 6.41. The third kappa shape index (κ3) is 3.61. The van der Waals surface area contributed by atoms with Gasteiger partial charge in [-0.15, -0.1) is 0 Å². The van der Waals surface area contributed by atoms with Gasteiger partial charge in [-0.3, -0.25) is 4.99 Å². The SMILES string of the molecule is CCOCC(N)=NC. The van der Waals surface area contributed by atoms with Gasteiger partial charge < -0.3 is 10.5 Å². The van der Waals surface area contributed by atoms with Crippen molar-refractivity contribution in [3.63, 3.8) is 0 Å². The Kier molecular flexibility index (Phi) is 4.26. The van der Waals surface area contributed by atoms with Gasteiger partial charge in [0.15, 0.2) is 0 Å². The monoisotopic (exact) mass is 116 g/mol. The van der Waals surface area contributed by atoms with Crippen LogP contribution in [0.15, 0.2) is 4.99 Å². The number of aliphatic imine (C=N–C) groups is 1. The molecule has 0 aliphatic heterocycles. The van der Waals surface area contributed by atoms with Gasteiger partial charge in [0, 0.05) is 13.7 Å². The average molecular weight is 116 g/mol. The summed E-state index contributed by atoms with van der Waals surface area (Å²) in [5.74, 6) is 0.548. The normalized spacial score (nSPS) is 12.0. The summed E-state index contributed by atoms with van der Waals surface area (Å²) in [6.07, 6.45) is 0. The van der Waals surface area contributed by atoms with Crippen molar-refractivity contribution in [2.45, 2.75) is 6.92 Å². The van der Waals surface area contributed by atoms with E-state index in [9.17, 15) is 0 Å². The van der Waals surface area contributed by atoms with E-state index in [0.29, 0.717) is 19.0 Å². The Morgan fingerprint density at radius 1 is 1.75 bits per heavy atom. The van der Waals surface area contributed by atoms with Crippen LogP contribution in [-0.2, 0) is 4.74 Å². The van der Waals surface area contributed by atoms with E-state index < -0.39 is 0 Å². The molecule has 0 radical (unpaired) electrons. The first kappa shape index (κ1) is 7.43. The fraction of sp³-hybridized carbons (Fsp3) is 0.800. The number of amidine groups is 1. The van der Waals surface area contributed by atoms with E-state index in [1.54, 1.807) is 7.05 Å². The highest BCUT2D eigenvalue weighted by Gasteiger charge is 1.85. The first-order valence-electron chi connectivity index (χ1n) is 2.60. The van der Waals surface area contributed by atoms with Crippen LogP contribution in [0.2, 0.25) is 0 Å². The predicted octanol–water partition coefficient (Wildman–Crippen LogP) is 0.00990. The highest BCUT2D eigenvalue weighted by Crippen LogP contribution is 1.71. The number of rotatable bonds is 3. The molecule has 0 saturated carbocycles. The molecule has 0 spiro atoms. The molecule has 0 atom stereocenters. The molecule has 0 heterocycles. The van der Waals surface area contributed by atoms with Crippen LogP contribution in [0.3, 0.4) is 0 Å². The van der Waals surface area contributed by atoms with Crippen LogP contribution in [0.4, 0.5) is 0 Å². The lowest BCUT2D eigenvalue weighted by Gasteiger charge is -1.96. The van der Waals surface area contributed by atoms with Crippen LogP contribution in [-0.4, -0.2) is 26.1 Å². The molecular formula is C5H12N2O. The minimum absolute atomic E-state index is 0.451. The smallest absolute Gasteiger partial charge is 0.120 e. The molecule has 0 fully saturated rings. The largest absolute Gasteiger partial charge is 0.386 e. The van der Waals surface area contributed by atoms with Gasteiger partial charge in [-0.05, 0) is 6.92 Å². The molecule has 48 valence electrons. The molecule has 8 heavy (non-hydrogen) atoms.